The SMILES string of the molecule is CCSC1CCCC1NC(=O)c1cccc(Cl)c1N. The number of nitrogens with two attached hydrogens (primary N) is 1. The maximum Gasteiger partial charge on any atom is 0.253 e. The van der Waals surface area contributed by atoms with E-state index in [4.69, 9.17) is 17.3 Å². The lowest BCUT2D eigenvalue weighted by atomic mass is 10.1. The third-order valence-electron chi connectivity index (χ3n) is 3.45. The monoisotopic (exact) mass is 298 g/mol. The first-order valence-electron chi connectivity index (χ1n) is 6.60. The van der Waals surface area contributed by atoms with Crippen LogP contribution < -0.4 is 11.1 Å². The van der Waals surface area contributed by atoms with Crippen molar-refractivity contribution in [1.29, 1.82) is 0 Å². The van der Waals surface area contributed by atoms with Gasteiger partial charge in [-0.05, 0) is 30.7 Å². The van der Waals surface area contributed by atoms with Gasteiger partial charge in [0.05, 0.1) is 16.3 Å². The first-order valence-corrected chi connectivity index (χ1v) is 8.02. The molecular weight excluding hydrogens is 280 g/mol. The van der Waals surface area contributed by atoms with E-state index < -0.39 is 0 Å². The Hall–Kier alpha value is -0.870. The second-order valence-electron chi connectivity index (χ2n) is 4.71. The largest absolute Gasteiger partial charge is 0.397 e. The quantitative estimate of drug-likeness (QED) is 0.838. The fourth-order valence-electron chi connectivity index (χ4n) is 2.49. The summed E-state index contributed by atoms with van der Waals surface area (Å²) in [5.74, 6) is 0.963. The Morgan fingerprint density at radius 3 is 3.05 bits per heavy atom. The van der Waals surface area contributed by atoms with Gasteiger partial charge in [0.15, 0.2) is 0 Å². The predicted octanol–water partition coefficient (Wildman–Crippen LogP) is 3.33. The van der Waals surface area contributed by atoms with E-state index in [9.17, 15) is 4.79 Å². The second kappa shape index (κ2) is 6.53. The van der Waals surface area contributed by atoms with Gasteiger partial charge in [-0.2, -0.15) is 11.8 Å². The van der Waals surface area contributed by atoms with Crippen LogP contribution in [0.1, 0.15) is 36.5 Å². The summed E-state index contributed by atoms with van der Waals surface area (Å²) in [4.78, 5) is 12.3. The Kier molecular flexibility index (Phi) is 4.99. The standard InChI is InChI=1S/C14H19ClN2OS/c1-2-19-12-8-4-7-11(12)17-14(18)9-5-3-6-10(15)13(9)16/h3,5-6,11-12H,2,4,7-8,16H2,1H3,(H,17,18). The topological polar surface area (TPSA) is 55.1 Å². The summed E-state index contributed by atoms with van der Waals surface area (Å²) in [6.45, 7) is 2.15. The summed E-state index contributed by atoms with van der Waals surface area (Å²) in [7, 11) is 0. The third kappa shape index (κ3) is 3.37. The molecule has 3 N–H and O–H groups in total. The van der Waals surface area contributed by atoms with Gasteiger partial charge in [0.2, 0.25) is 0 Å². The van der Waals surface area contributed by atoms with Crippen molar-refractivity contribution in [3.8, 4) is 0 Å². The highest BCUT2D eigenvalue weighted by atomic mass is 35.5. The van der Waals surface area contributed by atoms with Crippen LogP contribution in [0.3, 0.4) is 0 Å². The summed E-state index contributed by atoms with van der Waals surface area (Å²) >= 11 is 7.86. The summed E-state index contributed by atoms with van der Waals surface area (Å²) in [6.07, 6.45) is 3.39. The van der Waals surface area contributed by atoms with E-state index >= 15 is 0 Å². The van der Waals surface area contributed by atoms with Gasteiger partial charge >= 0.3 is 0 Å². The molecule has 3 nitrogen and oxygen atoms in total. The number of anilines is 1. The lowest BCUT2D eigenvalue weighted by Crippen LogP contribution is -2.39. The van der Waals surface area contributed by atoms with Crippen molar-refractivity contribution in [2.45, 2.75) is 37.5 Å². The molecule has 2 unspecified atom stereocenters. The molecule has 0 bridgehead atoms. The number of para-hydroxylation sites is 1. The predicted molar refractivity (Wildman–Crippen MR) is 82.9 cm³/mol. The number of thioether (sulfide) groups is 1. The molecule has 1 aromatic carbocycles. The molecule has 0 saturated heterocycles. The van der Waals surface area contributed by atoms with Crippen LogP contribution in [0.15, 0.2) is 18.2 Å². The lowest BCUT2D eigenvalue weighted by Gasteiger charge is -2.20. The molecule has 2 atom stereocenters. The molecular formula is C14H19ClN2OS. The van der Waals surface area contributed by atoms with Crippen molar-refractivity contribution in [2.75, 3.05) is 11.5 Å². The number of nitrogen functional groups attached to an aromatic ring is 1. The van der Waals surface area contributed by atoms with E-state index in [1.165, 1.54) is 12.8 Å². The first kappa shape index (κ1) is 14.5. The lowest BCUT2D eigenvalue weighted by molar-refractivity contribution is 0.0939. The van der Waals surface area contributed by atoms with Crippen molar-refractivity contribution in [2.24, 2.45) is 0 Å². The molecule has 1 saturated carbocycles. The molecule has 1 amide bonds. The molecule has 0 heterocycles. The third-order valence-corrected chi connectivity index (χ3v) is 5.10. The number of nitrogens with one attached hydrogen (secondary N) is 1. The molecule has 1 aromatic rings. The van der Waals surface area contributed by atoms with Crippen molar-refractivity contribution >= 4 is 35.0 Å². The summed E-state index contributed by atoms with van der Waals surface area (Å²) in [5, 5.41) is 4.05. The second-order valence-corrected chi connectivity index (χ2v) is 6.63. The minimum Gasteiger partial charge on any atom is -0.397 e. The van der Waals surface area contributed by atoms with Crippen LogP contribution in [0.2, 0.25) is 5.02 Å². The van der Waals surface area contributed by atoms with Crippen LogP contribution in [0, 0.1) is 0 Å². The molecule has 104 valence electrons. The number of hydrogen-bond donors (Lipinski definition) is 2. The highest BCUT2D eigenvalue weighted by molar-refractivity contribution is 7.99. The van der Waals surface area contributed by atoms with Crippen LogP contribution in [0.5, 0.6) is 0 Å². The van der Waals surface area contributed by atoms with E-state index in [0.717, 1.165) is 12.2 Å². The Balaban J connectivity index is 2.06. The van der Waals surface area contributed by atoms with Crippen LogP contribution in [-0.2, 0) is 0 Å². The van der Waals surface area contributed by atoms with Crippen molar-refractivity contribution in [1.82, 2.24) is 5.32 Å². The molecule has 0 aromatic heterocycles. The van der Waals surface area contributed by atoms with Gasteiger partial charge in [0.1, 0.15) is 0 Å². The zero-order valence-corrected chi connectivity index (χ0v) is 12.6. The van der Waals surface area contributed by atoms with Crippen LogP contribution >= 0.6 is 23.4 Å². The maximum atomic E-state index is 12.3. The Morgan fingerprint density at radius 2 is 2.32 bits per heavy atom. The van der Waals surface area contributed by atoms with Crippen molar-refractivity contribution in [3.63, 3.8) is 0 Å². The fraction of sp³-hybridized carbons (Fsp3) is 0.500. The van der Waals surface area contributed by atoms with E-state index in [2.05, 4.69) is 12.2 Å². The van der Waals surface area contributed by atoms with E-state index in [-0.39, 0.29) is 11.9 Å². The van der Waals surface area contributed by atoms with Crippen LogP contribution in [0.4, 0.5) is 5.69 Å². The zero-order valence-electron chi connectivity index (χ0n) is 11.0. The summed E-state index contributed by atoms with van der Waals surface area (Å²) in [6, 6.07) is 5.41. The van der Waals surface area contributed by atoms with Gasteiger partial charge in [0, 0.05) is 11.3 Å². The minimum absolute atomic E-state index is 0.117. The molecule has 0 spiro atoms. The number of carbonyl (C=O) groups is 1. The smallest absolute Gasteiger partial charge is 0.253 e. The van der Waals surface area contributed by atoms with Gasteiger partial charge < -0.3 is 11.1 Å². The zero-order chi connectivity index (χ0) is 13.8. The normalized spacial score (nSPS) is 22.4. The number of halogens is 1. The van der Waals surface area contributed by atoms with E-state index in [1.807, 2.05) is 11.8 Å². The molecule has 5 heteroatoms. The van der Waals surface area contributed by atoms with Crippen LogP contribution in [0.25, 0.3) is 0 Å². The number of hydrogen-bond acceptors (Lipinski definition) is 3. The molecule has 0 aliphatic heterocycles. The fourth-order valence-corrected chi connectivity index (χ4v) is 3.86. The molecule has 0 radical (unpaired) electrons. The first-order chi connectivity index (χ1) is 9.13. The average Bonchev–Trinajstić information content (AvgIpc) is 2.80. The number of carbonyl (C=O) groups excluding carboxylic acids is 1. The molecule has 19 heavy (non-hydrogen) atoms. The Morgan fingerprint density at radius 1 is 1.53 bits per heavy atom. The number of amides is 1. The highest BCUT2D eigenvalue weighted by Gasteiger charge is 2.29. The van der Waals surface area contributed by atoms with Gasteiger partial charge in [-0.25, -0.2) is 0 Å². The molecule has 1 aliphatic carbocycles. The maximum absolute atomic E-state index is 12.3. The van der Waals surface area contributed by atoms with Gasteiger partial charge in [-0.1, -0.05) is 31.0 Å². The molecule has 1 aliphatic rings. The highest BCUT2D eigenvalue weighted by Crippen LogP contribution is 2.30. The minimum atomic E-state index is -0.117. The van der Waals surface area contributed by atoms with Crippen molar-refractivity contribution in [3.05, 3.63) is 28.8 Å². The van der Waals surface area contributed by atoms with Gasteiger partial charge in [-0.3, -0.25) is 4.79 Å². The summed E-state index contributed by atoms with van der Waals surface area (Å²) in [5.41, 5.74) is 6.69. The molecule has 1 fully saturated rings. The van der Waals surface area contributed by atoms with E-state index in [0.29, 0.717) is 21.5 Å². The van der Waals surface area contributed by atoms with Crippen LogP contribution in [-0.4, -0.2) is 23.0 Å². The summed E-state index contributed by atoms with van der Waals surface area (Å²) < 4.78 is 0. The van der Waals surface area contributed by atoms with E-state index in [1.54, 1.807) is 18.2 Å². The Labute approximate surface area is 123 Å². The van der Waals surface area contributed by atoms with Crippen molar-refractivity contribution < 1.29 is 4.79 Å². The van der Waals surface area contributed by atoms with Gasteiger partial charge in [-0.15, -0.1) is 0 Å². The average molecular weight is 299 g/mol. The molecule has 2 rings (SSSR count). The van der Waals surface area contributed by atoms with Gasteiger partial charge in [0.25, 0.3) is 5.91 Å². The Bertz CT molecular complexity index is 467. The number of benzene rings is 1. The number of rotatable bonds is 4.